The Kier molecular flexibility index (Phi) is 6.73. The number of nitrogens with zero attached hydrogens (tertiary/aromatic N) is 1. The van der Waals surface area contributed by atoms with Crippen molar-refractivity contribution in [1.29, 1.82) is 0 Å². The van der Waals surface area contributed by atoms with E-state index in [1.165, 1.54) is 21.0 Å². The molecule has 1 fully saturated rings. The molecule has 24 heavy (non-hydrogen) atoms. The Morgan fingerprint density at radius 1 is 1.33 bits per heavy atom. The first-order chi connectivity index (χ1) is 11.1. The van der Waals surface area contributed by atoms with Gasteiger partial charge in [-0.25, -0.2) is 8.42 Å². The molecule has 0 aromatic heterocycles. The first-order valence-corrected chi connectivity index (χ1v) is 9.22. The van der Waals surface area contributed by atoms with Gasteiger partial charge in [0.25, 0.3) is 0 Å². The van der Waals surface area contributed by atoms with Crippen molar-refractivity contribution < 1.29 is 32.6 Å². The average Bonchev–Trinajstić information content (AvgIpc) is 2.45. The van der Waals surface area contributed by atoms with E-state index in [2.05, 4.69) is 5.32 Å². The van der Waals surface area contributed by atoms with E-state index in [4.69, 9.17) is 9.84 Å². The lowest BCUT2D eigenvalue weighted by molar-refractivity contribution is -0.156. The Morgan fingerprint density at radius 2 is 1.92 bits per heavy atom. The van der Waals surface area contributed by atoms with E-state index in [1.807, 2.05) is 0 Å². The van der Waals surface area contributed by atoms with Gasteiger partial charge in [-0.05, 0) is 19.8 Å². The number of methoxy groups -OCH3 is 1. The van der Waals surface area contributed by atoms with Gasteiger partial charge in [0.2, 0.25) is 15.9 Å². The molecule has 10 heteroatoms. The van der Waals surface area contributed by atoms with Crippen LogP contribution in [0.4, 0.5) is 0 Å². The largest absolute Gasteiger partial charge is 0.480 e. The summed E-state index contributed by atoms with van der Waals surface area (Å²) < 4.78 is 31.0. The van der Waals surface area contributed by atoms with Crippen LogP contribution in [0, 0.1) is 5.41 Å². The standard InChI is InChI=1S/C14H24N2O7S/c1-10(12(18)19)16(8-7-15-11(2)17)24(21,22)9-14(5-4-6-14)13(20)23-3/h10H,4-9H2,1-3H3,(H,15,17)(H,18,19). The number of carbonyl (C=O) groups is 3. The number of amides is 1. The predicted molar refractivity (Wildman–Crippen MR) is 84.6 cm³/mol. The molecule has 2 N–H and O–H groups in total. The third kappa shape index (κ3) is 4.67. The maximum absolute atomic E-state index is 12.7. The molecule has 1 aliphatic rings. The van der Waals surface area contributed by atoms with Crippen LogP contribution in [0.15, 0.2) is 0 Å². The molecule has 0 saturated heterocycles. The fourth-order valence-corrected chi connectivity index (χ4v) is 4.91. The first kappa shape index (κ1) is 20.4. The van der Waals surface area contributed by atoms with Crippen LogP contribution in [0.3, 0.4) is 0 Å². The molecule has 1 unspecified atom stereocenters. The van der Waals surface area contributed by atoms with Gasteiger partial charge in [0.1, 0.15) is 6.04 Å². The highest BCUT2D eigenvalue weighted by atomic mass is 32.2. The summed E-state index contributed by atoms with van der Waals surface area (Å²) in [5, 5.41) is 11.6. The van der Waals surface area contributed by atoms with Gasteiger partial charge in [-0.15, -0.1) is 0 Å². The van der Waals surface area contributed by atoms with Crippen molar-refractivity contribution in [2.24, 2.45) is 5.41 Å². The van der Waals surface area contributed by atoms with Gasteiger partial charge in [0.15, 0.2) is 0 Å². The number of carboxylic acids is 1. The van der Waals surface area contributed by atoms with Crippen molar-refractivity contribution >= 4 is 27.9 Å². The molecule has 0 radical (unpaired) electrons. The summed E-state index contributed by atoms with van der Waals surface area (Å²) in [5.41, 5.74) is -1.11. The molecular formula is C14H24N2O7S. The second-order valence-electron chi connectivity index (χ2n) is 5.99. The van der Waals surface area contributed by atoms with Crippen LogP contribution in [0.2, 0.25) is 0 Å². The molecule has 0 aliphatic heterocycles. The van der Waals surface area contributed by atoms with E-state index in [-0.39, 0.29) is 19.0 Å². The third-order valence-electron chi connectivity index (χ3n) is 4.24. The van der Waals surface area contributed by atoms with Crippen molar-refractivity contribution in [3.63, 3.8) is 0 Å². The predicted octanol–water partition coefficient (Wildman–Crippen LogP) is -0.429. The summed E-state index contributed by atoms with van der Waals surface area (Å²) in [6.07, 6.45) is 1.49. The van der Waals surface area contributed by atoms with Gasteiger partial charge in [0.05, 0.1) is 18.3 Å². The lowest BCUT2D eigenvalue weighted by atomic mass is 9.70. The van der Waals surface area contributed by atoms with E-state index >= 15 is 0 Å². The number of carbonyl (C=O) groups excluding carboxylic acids is 2. The van der Waals surface area contributed by atoms with E-state index in [0.717, 1.165) is 4.31 Å². The van der Waals surface area contributed by atoms with Gasteiger partial charge < -0.3 is 15.2 Å². The van der Waals surface area contributed by atoms with Gasteiger partial charge >= 0.3 is 11.9 Å². The molecule has 1 amide bonds. The Hall–Kier alpha value is -1.68. The van der Waals surface area contributed by atoms with E-state index in [0.29, 0.717) is 19.3 Å². The van der Waals surface area contributed by atoms with Crippen LogP contribution in [-0.4, -0.2) is 67.7 Å². The van der Waals surface area contributed by atoms with Crippen LogP contribution in [0.5, 0.6) is 0 Å². The summed E-state index contributed by atoms with van der Waals surface area (Å²) in [7, 11) is -2.84. The molecular weight excluding hydrogens is 340 g/mol. The SMILES string of the molecule is COC(=O)C1(CS(=O)(=O)N(CCNC(C)=O)C(C)C(=O)O)CCC1. The van der Waals surface area contributed by atoms with E-state index in [1.54, 1.807) is 0 Å². The first-order valence-electron chi connectivity index (χ1n) is 7.61. The van der Waals surface area contributed by atoms with E-state index in [9.17, 15) is 22.8 Å². The second-order valence-corrected chi connectivity index (χ2v) is 7.91. The van der Waals surface area contributed by atoms with Crippen LogP contribution in [-0.2, 0) is 29.1 Å². The smallest absolute Gasteiger partial charge is 0.321 e. The normalized spacial score (nSPS) is 17.7. The van der Waals surface area contributed by atoms with Crippen LogP contribution < -0.4 is 5.32 Å². The van der Waals surface area contributed by atoms with Gasteiger partial charge in [-0.3, -0.25) is 14.4 Å². The minimum Gasteiger partial charge on any atom is -0.480 e. The average molecular weight is 364 g/mol. The Morgan fingerprint density at radius 3 is 2.29 bits per heavy atom. The lowest BCUT2D eigenvalue weighted by Gasteiger charge is -2.40. The Balaban J connectivity index is 2.98. The number of rotatable bonds is 9. The number of nitrogens with one attached hydrogen (secondary N) is 1. The molecule has 1 aliphatic carbocycles. The number of sulfonamides is 1. The van der Waals surface area contributed by atoms with E-state index < -0.39 is 39.2 Å². The topological polar surface area (TPSA) is 130 Å². The zero-order valence-corrected chi connectivity index (χ0v) is 14.9. The number of hydrogen-bond donors (Lipinski definition) is 2. The van der Waals surface area contributed by atoms with Gasteiger partial charge in [0, 0.05) is 20.0 Å². The van der Waals surface area contributed by atoms with Crippen molar-refractivity contribution in [2.75, 3.05) is 26.0 Å². The zero-order valence-electron chi connectivity index (χ0n) is 14.1. The Bertz CT molecular complexity index is 598. The summed E-state index contributed by atoms with van der Waals surface area (Å²) in [5.74, 6) is -2.74. The monoisotopic (exact) mass is 364 g/mol. The highest BCUT2D eigenvalue weighted by Gasteiger charge is 2.50. The fourth-order valence-electron chi connectivity index (χ4n) is 2.70. The number of hydrogen-bond acceptors (Lipinski definition) is 6. The van der Waals surface area contributed by atoms with Crippen molar-refractivity contribution in [2.45, 2.75) is 39.2 Å². The van der Waals surface area contributed by atoms with Crippen molar-refractivity contribution in [3.8, 4) is 0 Å². The molecule has 0 aromatic carbocycles. The summed E-state index contributed by atoms with van der Waals surface area (Å²) >= 11 is 0. The van der Waals surface area contributed by atoms with Crippen LogP contribution in [0.1, 0.15) is 33.1 Å². The molecule has 138 valence electrons. The number of aliphatic carboxylic acids is 1. The minimum atomic E-state index is -4.04. The maximum Gasteiger partial charge on any atom is 0.321 e. The summed E-state index contributed by atoms with van der Waals surface area (Å²) in [6, 6.07) is -1.31. The number of ether oxygens (including phenoxy) is 1. The molecule has 9 nitrogen and oxygen atoms in total. The zero-order chi connectivity index (χ0) is 18.5. The van der Waals surface area contributed by atoms with Crippen molar-refractivity contribution in [3.05, 3.63) is 0 Å². The molecule has 1 saturated carbocycles. The lowest BCUT2D eigenvalue weighted by Crippen LogP contribution is -2.52. The molecule has 0 aromatic rings. The molecule has 0 heterocycles. The second kappa shape index (κ2) is 7.93. The molecule has 1 rings (SSSR count). The third-order valence-corrected chi connectivity index (χ3v) is 6.37. The number of carboxylic acid groups (broad SMARTS) is 1. The minimum absolute atomic E-state index is 0.0165. The highest BCUT2D eigenvalue weighted by molar-refractivity contribution is 7.89. The number of esters is 1. The highest BCUT2D eigenvalue weighted by Crippen LogP contribution is 2.43. The maximum atomic E-state index is 12.7. The van der Waals surface area contributed by atoms with Crippen LogP contribution >= 0.6 is 0 Å². The summed E-state index contributed by atoms with van der Waals surface area (Å²) in [4.78, 5) is 34.1. The summed E-state index contributed by atoms with van der Waals surface area (Å²) in [6.45, 7) is 2.32. The van der Waals surface area contributed by atoms with Crippen molar-refractivity contribution in [1.82, 2.24) is 9.62 Å². The molecule has 0 spiro atoms. The quantitative estimate of drug-likeness (QED) is 0.531. The van der Waals surface area contributed by atoms with Gasteiger partial charge in [-0.1, -0.05) is 6.42 Å². The van der Waals surface area contributed by atoms with Gasteiger partial charge in [-0.2, -0.15) is 4.31 Å². The Labute approximate surface area is 141 Å². The molecule has 1 atom stereocenters. The van der Waals surface area contributed by atoms with Crippen LogP contribution in [0.25, 0.3) is 0 Å². The fraction of sp³-hybridized carbons (Fsp3) is 0.786. The molecule has 0 bridgehead atoms.